The zero-order chi connectivity index (χ0) is 14.5. The van der Waals surface area contributed by atoms with E-state index in [0.29, 0.717) is 18.3 Å². The van der Waals surface area contributed by atoms with Crippen molar-refractivity contribution in [3.05, 3.63) is 23.8 Å². The number of methoxy groups -OCH3 is 1. The number of ether oxygens (including phenoxy) is 1. The molecular formula is C15H22N2O3. The van der Waals surface area contributed by atoms with E-state index < -0.39 is 0 Å². The summed E-state index contributed by atoms with van der Waals surface area (Å²) in [5, 5.41) is 12.7. The van der Waals surface area contributed by atoms with Gasteiger partial charge in [-0.25, -0.2) is 0 Å². The van der Waals surface area contributed by atoms with E-state index in [1.807, 2.05) is 0 Å². The molecular weight excluding hydrogens is 256 g/mol. The topological polar surface area (TPSA) is 61.8 Å². The van der Waals surface area contributed by atoms with Crippen molar-refractivity contribution in [2.75, 3.05) is 26.7 Å². The average molecular weight is 278 g/mol. The molecule has 0 unspecified atom stereocenters. The third-order valence-electron chi connectivity index (χ3n) is 3.85. The molecule has 1 saturated heterocycles. The van der Waals surface area contributed by atoms with E-state index in [1.54, 1.807) is 12.1 Å². The normalized spacial score (nSPS) is 19.0. The number of nitrogens with one attached hydrogen (secondary N) is 1. The quantitative estimate of drug-likeness (QED) is 0.859. The highest BCUT2D eigenvalue weighted by Crippen LogP contribution is 2.23. The Balaban J connectivity index is 1.95. The maximum absolute atomic E-state index is 12.1. The number of aromatic hydroxyl groups is 1. The fourth-order valence-electron chi connectivity index (χ4n) is 2.68. The predicted octanol–water partition coefficient (Wildman–Crippen LogP) is 1.61. The molecule has 20 heavy (non-hydrogen) atoms. The van der Waals surface area contributed by atoms with Crippen molar-refractivity contribution in [3.63, 3.8) is 0 Å². The minimum atomic E-state index is -0.242. The second-order valence-corrected chi connectivity index (χ2v) is 5.02. The van der Waals surface area contributed by atoms with Crippen LogP contribution in [0.1, 0.15) is 30.1 Å². The van der Waals surface area contributed by atoms with E-state index in [-0.39, 0.29) is 17.2 Å². The van der Waals surface area contributed by atoms with Gasteiger partial charge < -0.3 is 15.2 Å². The second-order valence-electron chi connectivity index (χ2n) is 5.02. The number of phenolic OH excluding ortho intramolecular Hbond substituents is 1. The number of hydrogen-bond donors (Lipinski definition) is 2. The SMILES string of the molecule is CCN1CCC[C@H]1CNC(=O)c1ccc(OC)cc1O. The molecule has 1 heterocycles. The summed E-state index contributed by atoms with van der Waals surface area (Å²) >= 11 is 0. The van der Waals surface area contributed by atoms with Gasteiger partial charge >= 0.3 is 0 Å². The molecule has 2 rings (SSSR count). The number of hydrogen-bond acceptors (Lipinski definition) is 4. The minimum Gasteiger partial charge on any atom is -0.507 e. The van der Waals surface area contributed by atoms with Gasteiger partial charge in [-0.1, -0.05) is 6.92 Å². The van der Waals surface area contributed by atoms with Crippen LogP contribution in [0.2, 0.25) is 0 Å². The molecule has 0 aromatic heterocycles. The summed E-state index contributed by atoms with van der Waals surface area (Å²) in [7, 11) is 1.52. The van der Waals surface area contributed by atoms with E-state index in [2.05, 4.69) is 17.1 Å². The molecule has 2 N–H and O–H groups in total. The molecule has 1 aromatic carbocycles. The molecule has 5 heteroatoms. The van der Waals surface area contributed by atoms with Crippen LogP contribution in [-0.2, 0) is 0 Å². The molecule has 0 aliphatic carbocycles. The molecule has 1 atom stereocenters. The Hall–Kier alpha value is -1.75. The molecule has 0 bridgehead atoms. The van der Waals surface area contributed by atoms with E-state index in [9.17, 15) is 9.90 Å². The molecule has 1 amide bonds. The first-order chi connectivity index (χ1) is 9.65. The van der Waals surface area contributed by atoms with Crippen molar-refractivity contribution in [2.24, 2.45) is 0 Å². The van der Waals surface area contributed by atoms with Gasteiger partial charge in [0.2, 0.25) is 0 Å². The van der Waals surface area contributed by atoms with Crippen LogP contribution in [0.4, 0.5) is 0 Å². The zero-order valence-corrected chi connectivity index (χ0v) is 12.1. The van der Waals surface area contributed by atoms with Gasteiger partial charge in [-0.15, -0.1) is 0 Å². The Labute approximate surface area is 119 Å². The summed E-state index contributed by atoms with van der Waals surface area (Å²) in [5.74, 6) is 0.237. The first kappa shape index (κ1) is 14.7. The van der Waals surface area contributed by atoms with Crippen molar-refractivity contribution in [3.8, 4) is 11.5 Å². The zero-order valence-electron chi connectivity index (χ0n) is 12.1. The largest absolute Gasteiger partial charge is 0.507 e. The van der Waals surface area contributed by atoms with Crippen LogP contribution in [0, 0.1) is 0 Å². The van der Waals surface area contributed by atoms with Gasteiger partial charge in [0.1, 0.15) is 11.5 Å². The Morgan fingerprint density at radius 2 is 2.35 bits per heavy atom. The highest BCUT2D eigenvalue weighted by Gasteiger charge is 2.23. The van der Waals surface area contributed by atoms with E-state index in [1.165, 1.54) is 19.6 Å². The molecule has 1 aromatic rings. The number of rotatable bonds is 5. The number of likely N-dealkylation sites (N-methyl/N-ethyl adjacent to an activating group) is 1. The number of nitrogens with zero attached hydrogens (tertiary/aromatic N) is 1. The summed E-state index contributed by atoms with van der Waals surface area (Å²) in [6.07, 6.45) is 2.30. The molecule has 0 radical (unpaired) electrons. The minimum absolute atomic E-state index is 0.0550. The fourth-order valence-corrected chi connectivity index (χ4v) is 2.68. The third kappa shape index (κ3) is 3.22. The van der Waals surface area contributed by atoms with Crippen LogP contribution in [0.5, 0.6) is 11.5 Å². The van der Waals surface area contributed by atoms with Crippen molar-refractivity contribution in [1.29, 1.82) is 0 Å². The summed E-state index contributed by atoms with van der Waals surface area (Å²) in [6, 6.07) is 5.10. The van der Waals surface area contributed by atoms with E-state index in [4.69, 9.17) is 4.74 Å². The number of amides is 1. The molecule has 5 nitrogen and oxygen atoms in total. The Morgan fingerprint density at radius 1 is 1.55 bits per heavy atom. The maximum atomic E-state index is 12.1. The Morgan fingerprint density at radius 3 is 3.00 bits per heavy atom. The first-order valence-electron chi connectivity index (χ1n) is 7.05. The van der Waals surface area contributed by atoms with Crippen molar-refractivity contribution >= 4 is 5.91 Å². The molecule has 1 aliphatic heterocycles. The van der Waals surface area contributed by atoms with Crippen LogP contribution < -0.4 is 10.1 Å². The second kappa shape index (κ2) is 6.61. The van der Waals surface area contributed by atoms with Gasteiger partial charge in [-0.3, -0.25) is 9.69 Å². The van der Waals surface area contributed by atoms with Gasteiger partial charge in [0, 0.05) is 18.7 Å². The first-order valence-corrected chi connectivity index (χ1v) is 7.05. The average Bonchev–Trinajstić information content (AvgIpc) is 2.92. The Kier molecular flexibility index (Phi) is 4.84. The monoisotopic (exact) mass is 278 g/mol. The molecule has 1 aliphatic rings. The van der Waals surface area contributed by atoms with Gasteiger partial charge in [0.15, 0.2) is 0 Å². The van der Waals surface area contributed by atoms with Gasteiger partial charge in [0.05, 0.1) is 12.7 Å². The number of carbonyl (C=O) groups is 1. The fraction of sp³-hybridized carbons (Fsp3) is 0.533. The lowest BCUT2D eigenvalue weighted by atomic mass is 10.1. The number of benzene rings is 1. The van der Waals surface area contributed by atoms with Gasteiger partial charge in [0.25, 0.3) is 5.91 Å². The molecule has 0 spiro atoms. The summed E-state index contributed by atoms with van der Waals surface area (Å²) in [6.45, 7) is 4.87. The van der Waals surface area contributed by atoms with Crippen LogP contribution in [0.3, 0.4) is 0 Å². The molecule has 110 valence electrons. The van der Waals surface area contributed by atoms with Crippen molar-refractivity contribution < 1.29 is 14.6 Å². The number of likely N-dealkylation sites (tertiary alicyclic amines) is 1. The molecule has 0 saturated carbocycles. The van der Waals surface area contributed by atoms with Crippen LogP contribution >= 0.6 is 0 Å². The van der Waals surface area contributed by atoms with Crippen LogP contribution in [0.25, 0.3) is 0 Å². The lowest BCUT2D eigenvalue weighted by molar-refractivity contribution is 0.0938. The van der Waals surface area contributed by atoms with Crippen LogP contribution in [-0.4, -0.2) is 48.7 Å². The van der Waals surface area contributed by atoms with Crippen LogP contribution in [0.15, 0.2) is 18.2 Å². The Bertz CT molecular complexity index is 476. The summed E-state index contributed by atoms with van der Waals surface area (Å²) in [4.78, 5) is 14.5. The number of phenols is 1. The van der Waals surface area contributed by atoms with Gasteiger partial charge in [-0.2, -0.15) is 0 Å². The number of carbonyl (C=O) groups excluding carboxylic acids is 1. The van der Waals surface area contributed by atoms with Gasteiger partial charge in [-0.05, 0) is 38.1 Å². The lowest BCUT2D eigenvalue weighted by Crippen LogP contribution is -2.40. The third-order valence-corrected chi connectivity index (χ3v) is 3.85. The highest BCUT2D eigenvalue weighted by molar-refractivity contribution is 5.97. The smallest absolute Gasteiger partial charge is 0.255 e. The predicted molar refractivity (Wildman–Crippen MR) is 77.3 cm³/mol. The summed E-state index contributed by atoms with van der Waals surface area (Å²) in [5.41, 5.74) is 0.284. The standard InChI is InChI=1S/C15H22N2O3/c1-3-17-8-4-5-11(17)10-16-15(19)13-7-6-12(20-2)9-14(13)18/h6-7,9,11,18H,3-5,8,10H2,1-2H3,(H,16,19)/t11-/m0/s1. The van der Waals surface area contributed by atoms with E-state index in [0.717, 1.165) is 19.5 Å². The maximum Gasteiger partial charge on any atom is 0.255 e. The van der Waals surface area contributed by atoms with E-state index >= 15 is 0 Å². The highest BCUT2D eigenvalue weighted by atomic mass is 16.5. The van der Waals surface area contributed by atoms with Crippen molar-refractivity contribution in [2.45, 2.75) is 25.8 Å². The lowest BCUT2D eigenvalue weighted by Gasteiger charge is -2.22. The molecule has 1 fully saturated rings. The summed E-state index contributed by atoms with van der Waals surface area (Å²) < 4.78 is 5.00. The van der Waals surface area contributed by atoms with Crippen molar-refractivity contribution in [1.82, 2.24) is 10.2 Å².